The molecular formula is C13H22N4S. The van der Waals surface area contributed by atoms with Gasteiger partial charge in [0.2, 0.25) is 5.95 Å². The second kappa shape index (κ2) is 5.18. The van der Waals surface area contributed by atoms with Crippen molar-refractivity contribution in [3.63, 3.8) is 0 Å². The van der Waals surface area contributed by atoms with E-state index in [-0.39, 0.29) is 5.41 Å². The minimum Gasteiger partial charge on any atom is -0.388 e. The fourth-order valence-corrected chi connectivity index (χ4v) is 1.70. The fraction of sp³-hybridized carbons (Fsp3) is 0.615. The lowest BCUT2D eigenvalue weighted by Gasteiger charge is -2.35. The van der Waals surface area contributed by atoms with Gasteiger partial charge in [0, 0.05) is 18.8 Å². The molecule has 1 aromatic heterocycles. The largest absolute Gasteiger partial charge is 0.388 e. The Balaban J connectivity index is 3.13. The van der Waals surface area contributed by atoms with E-state index in [0.717, 1.165) is 5.69 Å². The number of hydrogen-bond acceptors (Lipinski definition) is 4. The Hall–Kier alpha value is -1.23. The average Bonchev–Trinajstić information content (AvgIpc) is 2.24. The summed E-state index contributed by atoms with van der Waals surface area (Å²) in [5, 5.41) is 0. The first-order chi connectivity index (χ1) is 8.12. The van der Waals surface area contributed by atoms with Crippen LogP contribution in [0.4, 0.5) is 5.95 Å². The third-order valence-corrected chi connectivity index (χ3v) is 3.45. The summed E-state index contributed by atoms with van der Waals surface area (Å²) >= 11 is 4.98. The first-order valence-corrected chi connectivity index (χ1v) is 6.42. The van der Waals surface area contributed by atoms with Gasteiger partial charge in [0.25, 0.3) is 0 Å². The zero-order valence-corrected chi connectivity index (χ0v) is 12.8. The molecule has 0 amide bonds. The van der Waals surface area contributed by atoms with E-state index in [2.05, 4.69) is 42.6 Å². The molecule has 0 aliphatic rings. The fourth-order valence-electron chi connectivity index (χ4n) is 1.59. The number of nitrogens with two attached hydrogens (primary N) is 1. The van der Waals surface area contributed by atoms with E-state index >= 15 is 0 Å². The lowest BCUT2D eigenvalue weighted by molar-refractivity contribution is 0.327. The summed E-state index contributed by atoms with van der Waals surface area (Å²) in [6, 6.07) is 2.11. The Morgan fingerprint density at radius 1 is 1.39 bits per heavy atom. The molecule has 0 spiro atoms. The minimum atomic E-state index is 0.144. The van der Waals surface area contributed by atoms with Gasteiger partial charge in [0.15, 0.2) is 0 Å². The van der Waals surface area contributed by atoms with Gasteiger partial charge in [-0.25, -0.2) is 9.97 Å². The molecule has 0 saturated heterocycles. The van der Waals surface area contributed by atoms with Crippen molar-refractivity contribution >= 4 is 23.2 Å². The van der Waals surface area contributed by atoms with Crippen LogP contribution in [0.15, 0.2) is 6.07 Å². The quantitative estimate of drug-likeness (QED) is 0.851. The molecular weight excluding hydrogens is 244 g/mol. The van der Waals surface area contributed by atoms with Crippen molar-refractivity contribution in [2.24, 2.45) is 11.1 Å². The number of aromatic nitrogens is 2. The van der Waals surface area contributed by atoms with Crippen molar-refractivity contribution in [2.75, 3.05) is 11.9 Å². The lowest BCUT2D eigenvalue weighted by atomic mass is 9.87. The van der Waals surface area contributed by atoms with Crippen LogP contribution in [0, 0.1) is 12.3 Å². The summed E-state index contributed by atoms with van der Waals surface area (Å²) < 4.78 is 0. The van der Waals surface area contributed by atoms with Crippen molar-refractivity contribution < 1.29 is 0 Å². The van der Waals surface area contributed by atoms with E-state index in [1.807, 2.05) is 14.0 Å². The Kier molecular flexibility index (Phi) is 4.27. The van der Waals surface area contributed by atoms with Crippen LogP contribution in [-0.4, -0.2) is 28.0 Å². The SMILES string of the molecule is Cc1cc(C(N)=S)nc(N(C)C(C)C(C)(C)C)n1. The third kappa shape index (κ3) is 3.38. The molecule has 1 unspecified atom stereocenters. The van der Waals surface area contributed by atoms with E-state index < -0.39 is 0 Å². The molecule has 0 aliphatic carbocycles. The molecule has 100 valence electrons. The molecule has 18 heavy (non-hydrogen) atoms. The zero-order chi connectivity index (χ0) is 14.1. The summed E-state index contributed by atoms with van der Waals surface area (Å²) in [7, 11) is 1.99. The molecule has 1 atom stereocenters. The van der Waals surface area contributed by atoms with Gasteiger partial charge in [-0.15, -0.1) is 0 Å². The third-order valence-electron chi connectivity index (χ3n) is 3.24. The highest BCUT2D eigenvalue weighted by atomic mass is 32.1. The van der Waals surface area contributed by atoms with Crippen LogP contribution in [0.3, 0.4) is 0 Å². The van der Waals surface area contributed by atoms with E-state index in [1.165, 1.54) is 0 Å². The normalized spacial score (nSPS) is 13.2. The Morgan fingerprint density at radius 2 is 1.94 bits per heavy atom. The van der Waals surface area contributed by atoms with Gasteiger partial charge < -0.3 is 10.6 Å². The molecule has 1 rings (SSSR count). The maximum atomic E-state index is 5.64. The van der Waals surface area contributed by atoms with Gasteiger partial charge in [-0.05, 0) is 25.3 Å². The summed E-state index contributed by atoms with van der Waals surface area (Å²) in [6.07, 6.45) is 0. The summed E-state index contributed by atoms with van der Waals surface area (Å²) in [4.78, 5) is 11.2. The summed E-state index contributed by atoms with van der Waals surface area (Å²) in [5.41, 5.74) is 7.28. The zero-order valence-electron chi connectivity index (χ0n) is 12.0. The number of anilines is 1. The maximum Gasteiger partial charge on any atom is 0.226 e. The van der Waals surface area contributed by atoms with Gasteiger partial charge in [-0.3, -0.25) is 0 Å². The van der Waals surface area contributed by atoms with Crippen molar-refractivity contribution in [2.45, 2.75) is 40.7 Å². The highest BCUT2D eigenvalue weighted by Gasteiger charge is 2.25. The first kappa shape index (κ1) is 14.8. The highest BCUT2D eigenvalue weighted by Crippen LogP contribution is 2.25. The predicted molar refractivity (Wildman–Crippen MR) is 80.0 cm³/mol. The topological polar surface area (TPSA) is 55.0 Å². The van der Waals surface area contributed by atoms with Crippen molar-refractivity contribution in [3.8, 4) is 0 Å². The maximum absolute atomic E-state index is 5.64. The molecule has 0 fully saturated rings. The smallest absolute Gasteiger partial charge is 0.226 e. The molecule has 0 aliphatic heterocycles. The van der Waals surface area contributed by atoms with Crippen molar-refractivity contribution in [1.29, 1.82) is 0 Å². The van der Waals surface area contributed by atoms with Crippen LogP contribution in [-0.2, 0) is 0 Å². The molecule has 4 nitrogen and oxygen atoms in total. The minimum absolute atomic E-state index is 0.144. The Labute approximate surface area is 115 Å². The van der Waals surface area contributed by atoms with Crippen LogP contribution in [0.1, 0.15) is 39.1 Å². The standard InChI is InChI=1S/C13H22N4S/c1-8-7-10(11(14)18)16-12(15-8)17(6)9(2)13(3,4)5/h7,9H,1-6H3,(H2,14,18). The van der Waals surface area contributed by atoms with E-state index in [9.17, 15) is 0 Å². The lowest BCUT2D eigenvalue weighted by Crippen LogP contribution is -2.40. The predicted octanol–water partition coefficient (Wildman–Crippen LogP) is 2.29. The highest BCUT2D eigenvalue weighted by molar-refractivity contribution is 7.80. The Bertz CT molecular complexity index is 451. The summed E-state index contributed by atoms with van der Waals surface area (Å²) in [5.74, 6) is 0.667. The van der Waals surface area contributed by atoms with E-state index in [4.69, 9.17) is 18.0 Å². The molecule has 1 aromatic rings. The molecule has 0 bridgehead atoms. The number of hydrogen-bond donors (Lipinski definition) is 1. The molecule has 1 heterocycles. The van der Waals surface area contributed by atoms with Crippen LogP contribution >= 0.6 is 12.2 Å². The second-order valence-electron chi connectivity index (χ2n) is 5.71. The first-order valence-electron chi connectivity index (χ1n) is 6.01. The van der Waals surface area contributed by atoms with Crippen LogP contribution in [0.25, 0.3) is 0 Å². The van der Waals surface area contributed by atoms with Gasteiger partial charge in [0.05, 0.1) is 0 Å². The molecule has 0 radical (unpaired) electrons. The van der Waals surface area contributed by atoms with Gasteiger partial charge in [0.1, 0.15) is 10.7 Å². The number of aryl methyl sites for hydroxylation is 1. The van der Waals surface area contributed by atoms with Gasteiger partial charge >= 0.3 is 0 Å². The number of rotatable bonds is 3. The van der Waals surface area contributed by atoms with Crippen LogP contribution in [0.5, 0.6) is 0 Å². The molecule has 0 aromatic carbocycles. The van der Waals surface area contributed by atoms with E-state index in [0.29, 0.717) is 22.7 Å². The van der Waals surface area contributed by atoms with Gasteiger partial charge in [-0.1, -0.05) is 33.0 Å². The molecule has 2 N–H and O–H groups in total. The summed E-state index contributed by atoms with van der Waals surface area (Å²) in [6.45, 7) is 10.7. The van der Waals surface area contributed by atoms with Crippen molar-refractivity contribution in [3.05, 3.63) is 17.5 Å². The van der Waals surface area contributed by atoms with E-state index in [1.54, 1.807) is 6.07 Å². The number of nitrogens with zero attached hydrogens (tertiary/aromatic N) is 3. The Morgan fingerprint density at radius 3 is 2.39 bits per heavy atom. The molecule has 0 saturated carbocycles. The number of thiocarbonyl (C=S) groups is 1. The average molecular weight is 266 g/mol. The van der Waals surface area contributed by atoms with Crippen LogP contribution in [0.2, 0.25) is 0 Å². The monoisotopic (exact) mass is 266 g/mol. The second-order valence-corrected chi connectivity index (χ2v) is 6.15. The molecule has 5 heteroatoms. The van der Waals surface area contributed by atoms with Gasteiger partial charge in [-0.2, -0.15) is 0 Å². The van der Waals surface area contributed by atoms with Crippen molar-refractivity contribution in [1.82, 2.24) is 9.97 Å². The van der Waals surface area contributed by atoms with Crippen LogP contribution < -0.4 is 10.6 Å².